The second kappa shape index (κ2) is 3.73. The lowest BCUT2D eigenvalue weighted by atomic mass is 10.3. The van der Waals surface area contributed by atoms with Crippen LogP contribution in [-0.2, 0) is 0 Å². The molecule has 0 aliphatic heterocycles. The minimum atomic E-state index is -0.912. The van der Waals surface area contributed by atoms with E-state index in [0.717, 1.165) is 24.3 Å². The van der Waals surface area contributed by atoms with Crippen LogP contribution in [0, 0.1) is 0 Å². The first-order valence-electron chi connectivity index (χ1n) is 5.68. The molecule has 1 N–H and O–H groups in total. The van der Waals surface area contributed by atoms with E-state index in [1.807, 2.05) is 12.3 Å². The topological polar surface area (TPSA) is 57.8 Å². The van der Waals surface area contributed by atoms with Crippen molar-refractivity contribution in [1.82, 2.24) is 9.38 Å². The van der Waals surface area contributed by atoms with E-state index in [9.17, 15) is 9.90 Å². The number of carboxylic acid groups (broad SMARTS) is 1. The normalized spacial score (nSPS) is 15.4. The number of carboxylic acids is 1. The van der Waals surface area contributed by atoms with Crippen molar-refractivity contribution < 1.29 is 9.90 Å². The van der Waals surface area contributed by atoms with Gasteiger partial charge in [0, 0.05) is 24.2 Å². The Labute approximate surface area is 102 Å². The van der Waals surface area contributed by atoms with Gasteiger partial charge in [-0.3, -0.25) is 4.40 Å². The lowest BCUT2D eigenvalue weighted by Gasteiger charge is -2.20. The van der Waals surface area contributed by atoms with E-state index in [-0.39, 0.29) is 5.69 Å². The van der Waals surface area contributed by atoms with Crippen molar-refractivity contribution in [2.45, 2.75) is 25.8 Å². The van der Waals surface area contributed by atoms with Crippen molar-refractivity contribution in [3.05, 3.63) is 17.3 Å². The summed E-state index contributed by atoms with van der Waals surface area (Å²) in [6.45, 7) is 2.84. The predicted molar refractivity (Wildman–Crippen MR) is 66.1 cm³/mol. The summed E-state index contributed by atoms with van der Waals surface area (Å²) in [4.78, 5) is 18.7. The number of fused-ring (bicyclic) bond motifs is 1. The summed E-state index contributed by atoms with van der Waals surface area (Å²) in [7, 11) is 0. The van der Waals surface area contributed by atoms with Gasteiger partial charge in [0.1, 0.15) is 0 Å². The maximum absolute atomic E-state index is 11.4. The van der Waals surface area contributed by atoms with Crippen LogP contribution >= 0.6 is 11.3 Å². The van der Waals surface area contributed by atoms with Crippen LogP contribution in [0.1, 0.15) is 30.3 Å². The van der Waals surface area contributed by atoms with Crippen LogP contribution in [-0.4, -0.2) is 33.0 Å². The quantitative estimate of drug-likeness (QED) is 0.904. The molecule has 1 aliphatic carbocycles. The van der Waals surface area contributed by atoms with E-state index in [2.05, 4.69) is 9.88 Å². The number of carbonyl (C=O) groups is 1. The second-order valence-corrected chi connectivity index (χ2v) is 5.03. The number of aromatic nitrogens is 2. The number of nitrogens with zero attached hydrogens (tertiary/aromatic N) is 3. The van der Waals surface area contributed by atoms with E-state index >= 15 is 0 Å². The molecule has 2 heterocycles. The lowest BCUT2D eigenvalue weighted by molar-refractivity contribution is 0.0690. The zero-order valence-corrected chi connectivity index (χ0v) is 10.3. The molecule has 0 amide bonds. The number of thiazole rings is 1. The van der Waals surface area contributed by atoms with Gasteiger partial charge in [-0.15, -0.1) is 11.3 Å². The van der Waals surface area contributed by atoms with Gasteiger partial charge in [0.2, 0.25) is 0 Å². The number of imidazole rings is 1. The molecule has 5 nitrogen and oxygen atoms in total. The monoisotopic (exact) mass is 251 g/mol. The Hall–Kier alpha value is -1.56. The Bertz CT molecular complexity index is 570. The van der Waals surface area contributed by atoms with Gasteiger partial charge in [-0.05, 0) is 19.8 Å². The number of rotatable bonds is 4. The van der Waals surface area contributed by atoms with Crippen LogP contribution in [0.4, 0.5) is 5.82 Å². The van der Waals surface area contributed by atoms with Gasteiger partial charge in [-0.1, -0.05) is 0 Å². The fourth-order valence-corrected chi connectivity index (χ4v) is 2.85. The van der Waals surface area contributed by atoms with Crippen molar-refractivity contribution >= 4 is 28.1 Å². The maximum atomic E-state index is 11.4. The maximum Gasteiger partial charge on any atom is 0.356 e. The van der Waals surface area contributed by atoms with Crippen molar-refractivity contribution in [1.29, 1.82) is 0 Å². The van der Waals surface area contributed by atoms with Gasteiger partial charge in [0.05, 0.1) is 0 Å². The average Bonchev–Trinajstić information content (AvgIpc) is 2.88. The third kappa shape index (κ3) is 1.59. The standard InChI is InChI=1S/C11H13N3O2S/c1-2-13(7-3-4-7)9-8(10(15)16)14-5-6-17-11(14)12-9/h5-7H,2-4H2,1H3,(H,15,16). The van der Waals surface area contributed by atoms with Crippen LogP contribution in [0.3, 0.4) is 0 Å². The van der Waals surface area contributed by atoms with Crippen LogP contribution in [0.2, 0.25) is 0 Å². The summed E-state index contributed by atoms with van der Waals surface area (Å²) < 4.78 is 1.66. The van der Waals surface area contributed by atoms with Crippen LogP contribution in [0.5, 0.6) is 0 Å². The molecule has 0 bridgehead atoms. The SMILES string of the molecule is CCN(c1nc2sccn2c1C(=O)O)C1CC1. The first-order chi connectivity index (χ1) is 8.22. The Balaban J connectivity index is 2.16. The van der Waals surface area contributed by atoms with E-state index in [1.54, 1.807) is 10.6 Å². The molecular formula is C11H13N3O2S. The summed E-state index contributed by atoms with van der Waals surface area (Å²) >= 11 is 1.46. The fourth-order valence-electron chi connectivity index (χ4n) is 2.14. The van der Waals surface area contributed by atoms with Crippen molar-refractivity contribution in [2.75, 3.05) is 11.4 Å². The third-order valence-electron chi connectivity index (χ3n) is 3.05. The molecule has 1 aliphatic rings. The zero-order valence-electron chi connectivity index (χ0n) is 9.46. The van der Waals surface area contributed by atoms with Gasteiger partial charge in [0.15, 0.2) is 16.5 Å². The van der Waals surface area contributed by atoms with Crippen LogP contribution in [0.25, 0.3) is 4.96 Å². The molecule has 0 aromatic carbocycles. The average molecular weight is 251 g/mol. The van der Waals surface area contributed by atoms with E-state index in [1.165, 1.54) is 11.3 Å². The first-order valence-corrected chi connectivity index (χ1v) is 6.55. The first kappa shape index (κ1) is 10.6. The molecule has 0 radical (unpaired) electrons. The number of anilines is 1. The molecule has 3 rings (SSSR count). The summed E-state index contributed by atoms with van der Waals surface area (Å²) in [6.07, 6.45) is 4.04. The number of aromatic carboxylic acids is 1. The van der Waals surface area contributed by atoms with Crippen molar-refractivity contribution in [3.63, 3.8) is 0 Å². The van der Waals surface area contributed by atoms with Crippen LogP contribution < -0.4 is 4.90 Å². The Morgan fingerprint density at radius 2 is 2.47 bits per heavy atom. The summed E-state index contributed by atoms with van der Waals surface area (Å²) in [5.74, 6) is -0.292. The molecule has 1 fully saturated rings. The second-order valence-electron chi connectivity index (χ2n) is 4.16. The van der Waals surface area contributed by atoms with Crippen molar-refractivity contribution in [2.24, 2.45) is 0 Å². The molecule has 0 unspecified atom stereocenters. The molecule has 1 saturated carbocycles. The number of hydrogen-bond donors (Lipinski definition) is 1. The molecule has 90 valence electrons. The summed E-state index contributed by atoms with van der Waals surface area (Å²) in [5.41, 5.74) is 0.287. The summed E-state index contributed by atoms with van der Waals surface area (Å²) in [5, 5.41) is 11.2. The molecule has 6 heteroatoms. The summed E-state index contributed by atoms with van der Waals surface area (Å²) in [6, 6.07) is 0.475. The molecule has 0 spiro atoms. The van der Waals surface area contributed by atoms with Crippen molar-refractivity contribution in [3.8, 4) is 0 Å². The smallest absolute Gasteiger partial charge is 0.356 e. The van der Waals surface area contributed by atoms with Gasteiger partial charge in [0.25, 0.3) is 0 Å². The highest BCUT2D eigenvalue weighted by Crippen LogP contribution is 2.34. The number of hydrogen-bond acceptors (Lipinski definition) is 4. The Kier molecular flexibility index (Phi) is 2.32. The molecule has 17 heavy (non-hydrogen) atoms. The van der Waals surface area contributed by atoms with Gasteiger partial charge < -0.3 is 10.0 Å². The minimum Gasteiger partial charge on any atom is -0.476 e. The zero-order chi connectivity index (χ0) is 12.0. The highest BCUT2D eigenvalue weighted by molar-refractivity contribution is 7.15. The Morgan fingerprint density at radius 3 is 3.06 bits per heavy atom. The minimum absolute atomic E-state index is 0.287. The van der Waals surface area contributed by atoms with Gasteiger partial charge in [-0.25, -0.2) is 9.78 Å². The molecule has 0 atom stereocenters. The molecule has 2 aromatic heterocycles. The van der Waals surface area contributed by atoms with Gasteiger partial charge >= 0.3 is 5.97 Å². The largest absolute Gasteiger partial charge is 0.476 e. The van der Waals surface area contributed by atoms with E-state index < -0.39 is 5.97 Å². The molecular weight excluding hydrogens is 238 g/mol. The predicted octanol–water partition coefficient (Wildman–Crippen LogP) is 2.08. The third-order valence-corrected chi connectivity index (χ3v) is 3.80. The molecule has 0 saturated heterocycles. The van der Waals surface area contributed by atoms with E-state index in [4.69, 9.17) is 0 Å². The Morgan fingerprint density at radius 1 is 1.71 bits per heavy atom. The fraction of sp³-hybridized carbons (Fsp3) is 0.455. The lowest BCUT2D eigenvalue weighted by Crippen LogP contribution is -2.27. The molecule has 2 aromatic rings. The van der Waals surface area contributed by atoms with E-state index in [0.29, 0.717) is 11.9 Å². The van der Waals surface area contributed by atoms with Gasteiger partial charge in [-0.2, -0.15) is 0 Å². The highest BCUT2D eigenvalue weighted by Gasteiger charge is 2.33. The highest BCUT2D eigenvalue weighted by atomic mass is 32.1. The van der Waals surface area contributed by atoms with Crippen LogP contribution in [0.15, 0.2) is 11.6 Å².